The molecular weight excluding hydrogens is 655 g/mol. The van der Waals surface area contributed by atoms with Crippen molar-refractivity contribution in [3.05, 3.63) is 0 Å². The average Bonchev–Trinajstić information content (AvgIpc) is 3.88. The summed E-state index contributed by atoms with van der Waals surface area (Å²) in [4.78, 5) is 2.22. The van der Waals surface area contributed by atoms with E-state index in [4.69, 9.17) is 20.0 Å². The van der Waals surface area contributed by atoms with Crippen LogP contribution in [-0.2, 0) is 13.6 Å². The lowest BCUT2D eigenvalue weighted by Crippen LogP contribution is -2.40. The van der Waals surface area contributed by atoms with Crippen LogP contribution >= 0.6 is 0 Å². The first kappa shape index (κ1) is 49.6. The van der Waals surface area contributed by atoms with Crippen molar-refractivity contribution in [1.82, 2.24) is 4.90 Å². The Morgan fingerprint density at radius 1 is 0.577 bits per heavy atom. The molecule has 0 aliphatic heterocycles. The van der Waals surface area contributed by atoms with Gasteiger partial charge in [-0.15, -0.1) is 6.42 Å². The summed E-state index contributed by atoms with van der Waals surface area (Å²) in [7, 11) is -0.134. The van der Waals surface area contributed by atoms with E-state index >= 15 is 0 Å². The molecule has 0 saturated heterocycles. The Morgan fingerprint density at radius 2 is 1.00 bits per heavy atom. The molecule has 0 aromatic rings. The van der Waals surface area contributed by atoms with Gasteiger partial charge in [-0.2, -0.15) is 0 Å². The van der Waals surface area contributed by atoms with Crippen LogP contribution in [0.4, 0.5) is 0 Å². The van der Waals surface area contributed by atoms with E-state index in [1.54, 1.807) is 0 Å². The zero-order valence-electron chi connectivity index (χ0n) is 36.1. The largest absolute Gasteiger partial charge is 0.394 e. The Hall–Kier alpha value is -0.383. The molecule has 0 aromatic carbocycles. The third-order valence-electron chi connectivity index (χ3n) is 11.5. The summed E-state index contributed by atoms with van der Waals surface area (Å²) >= 11 is 0. The molecule has 3 atom stereocenters. The van der Waals surface area contributed by atoms with E-state index in [2.05, 4.69) is 44.8 Å². The van der Waals surface area contributed by atoms with Gasteiger partial charge in [-0.25, -0.2) is 0 Å². The van der Waals surface area contributed by atoms with Gasteiger partial charge in [0, 0.05) is 13.2 Å². The van der Waals surface area contributed by atoms with Gasteiger partial charge in [-0.1, -0.05) is 193 Å². The van der Waals surface area contributed by atoms with Crippen molar-refractivity contribution >= 4 is 8.56 Å². The maximum absolute atomic E-state index is 6.64. The summed E-state index contributed by atoms with van der Waals surface area (Å²) in [5.74, 6) is 4.88. The molecule has 0 N–H and O–H groups in total. The maximum Gasteiger partial charge on any atom is 0.333 e. The molecule has 3 unspecified atom stereocenters. The second-order valence-electron chi connectivity index (χ2n) is 17.3. The fourth-order valence-electron chi connectivity index (χ4n) is 7.88. The highest BCUT2D eigenvalue weighted by molar-refractivity contribution is 6.64. The van der Waals surface area contributed by atoms with Gasteiger partial charge in [-0.3, -0.25) is 4.90 Å². The SMILES string of the molecule is C#CCN(C)CCCCCCO[Si](C)(C)OC(CCCCCCCCCCCCCCC)OCCCCCCCCC1CC1CCCCCCCC. The first-order chi connectivity index (χ1) is 25.4. The minimum absolute atomic E-state index is 0.108. The molecule has 52 heavy (non-hydrogen) atoms. The lowest BCUT2D eigenvalue weighted by Gasteiger charge is -2.29. The number of ether oxygens (including phenoxy) is 1. The topological polar surface area (TPSA) is 30.9 Å². The predicted molar refractivity (Wildman–Crippen MR) is 231 cm³/mol. The molecule has 5 heteroatoms. The van der Waals surface area contributed by atoms with Crippen LogP contribution in [0, 0.1) is 24.2 Å². The minimum Gasteiger partial charge on any atom is -0.394 e. The van der Waals surface area contributed by atoms with Gasteiger partial charge in [0.1, 0.15) is 6.29 Å². The van der Waals surface area contributed by atoms with Crippen molar-refractivity contribution in [2.24, 2.45) is 11.8 Å². The van der Waals surface area contributed by atoms with Crippen LogP contribution in [0.25, 0.3) is 0 Å². The van der Waals surface area contributed by atoms with E-state index < -0.39 is 8.56 Å². The minimum atomic E-state index is -2.24. The van der Waals surface area contributed by atoms with Crippen LogP contribution in [0.2, 0.25) is 13.1 Å². The number of terminal acetylenes is 1. The molecule has 0 radical (unpaired) electrons. The fraction of sp³-hybridized carbons (Fsp3) is 0.957. The molecule has 0 heterocycles. The first-order valence-corrected chi connectivity index (χ1v) is 26.3. The van der Waals surface area contributed by atoms with Crippen LogP contribution in [-0.4, -0.2) is 53.1 Å². The van der Waals surface area contributed by atoms with Crippen molar-refractivity contribution in [1.29, 1.82) is 0 Å². The number of nitrogens with zero attached hydrogens (tertiary/aromatic N) is 1. The van der Waals surface area contributed by atoms with Crippen molar-refractivity contribution in [3.8, 4) is 12.3 Å². The quantitative estimate of drug-likeness (QED) is 0.0269. The standard InChI is InChI=1S/C47H93NO3Si/c1-7-10-12-14-16-17-18-19-20-21-22-27-33-39-47(51-52(5,6)50-43-36-30-28-34-41-48(4)40-9-3)49-42-35-29-24-23-26-32-38-46-44-45(46)37-31-25-15-13-11-8-2/h3,45-47H,7-8,10-44H2,1-2,4-6H3. The molecule has 4 nitrogen and oxygen atoms in total. The zero-order valence-corrected chi connectivity index (χ0v) is 37.1. The second kappa shape index (κ2) is 36.3. The Kier molecular flexibility index (Phi) is 34.6. The molecule has 0 amide bonds. The fourth-order valence-corrected chi connectivity index (χ4v) is 9.40. The highest BCUT2D eigenvalue weighted by Crippen LogP contribution is 2.45. The molecule has 1 aliphatic rings. The van der Waals surface area contributed by atoms with Gasteiger partial charge in [-0.05, 0) is 77.0 Å². The lowest BCUT2D eigenvalue weighted by molar-refractivity contribution is -0.104. The first-order valence-electron chi connectivity index (χ1n) is 23.5. The summed E-state index contributed by atoms with van der Waals surface area (Å²) in [5.41, 5.74) is 0. The van der Waals surface area contributed by atoms with E-state index in [1.165, 1.54) is 193 Å². The van der Waals surface area contributed by atoms with Crippen LogP contribution in [0.1, 0.15) is 226 Å². The number of rotatable bonds is 42. The van der Waals surface area contributed by atoms with E-state index in [-0.39, 0.29) is 6.29 Å². The van der Waals surface area contributed by atoms with Gasteiger partial charge in [0.25, 0.3) is 0 Å². The van der Waals surface area contributed by atoms with Gasteiger partial charge in [0.05, 0.1) is 6.54 Å². The van der Waals surface area contributed by atoms with Crippen LogP contribution in [0.5, 0.6) is 0 Å². The molecule has 1 aliphatic carbocycles. The van der Waals surface area contributed by atoms with Crippen molar-refractivity contribution in [2.75, 3.05) is 33.4 Å². The predicted octanol–water partition coefficient (Wildman–Crippen LogP) is 14.8. The average molecular weight is 748 g/mol. The van der Waals surface area contributed by atoms with Crippen LogP contribution in [0.15, 0.2) is 0 Å². The Labute approximate surface area is 328 Å². The van der Waals surface area contributed by atoms with Crippen LogP contribution in [0.3, 0.4) is 0 Å². The normalized spacial score (nSPS) is 16.5. The summed E-state index contributed by atoms with van der Waals surface area (Å²) in [5, 5.41) is 0. The smallest absolute Gasteiger partial charge is 0.333 e. The molecule has 0 aromatic heterocycles. The van der Waals surface area contributed by atoms with E-state index in [0.29, 0.717) is 0 Å². The third-order valence-corrected chi connectivity index (χ3v) is 13.2. The van der Waals surface area contributed by atoms with E-state index in [0.717, 1.165) is 57.4 Å². The van der Waals surface area contributed by atoms with Crippen molar-refractivity contribution in [2.45, 2.75) is 245 Å². The molecule has 0 bridgehead atoms. The third kappa shape index (κ3) is 33.0. The molecular formula is C47H93NO3Si. The van der Waals surface area contributed by atoms with Gasteiger partial charge in [0.2, 0.25) is 0 Å². The molecule has 1 saturated carbocycles. The van der Waals surface area contributed by atoms with Gasteiger partial charge in [0.15, 0.2) is 0 Å². The lowest BCUT2D eigenvalue weighted by atomic mass is 10.0. The Morgan fingerprint density at radius 3 is 1.50 bits per heavy atom. The maximum atomic E-state index is 6.64. The summed E-state index contributed by atoms with van der Waals surface area (Å²) < 4.78 is 19.5. The number of hydrogen-bond donors (Lipinski definition) is 0. The number of unbranched alkanes of at least 4 members (excludes halogenated alkanes) is 25. The monoisotopic (exact) mass is 748 g/mol. The number of hydrogen-bond acceptors (Lipinski definition) is 4. The molecule has 1 rings (SSSR count). The van der Waals surface area contributed by atoms with Crippen molar-refractivity contribution < 1.29 is 13.6 Å². The Balaban J connectivity index is 2.21. The van der Waals surface area contributed by atoms with Gasteiger partial charge < -0.3 is 13.6 Å². The summed E-state index contributed by atoms with van der Waals surface area (Å²) in [6.07, 6.45) is 50.3. The summed E-state index contributed by atoms with van der Waals surface area (Å²) in [6.45, 7) is 12.5. The van der Waals surface area contributed by atoms with Crippen molar-refractivity contribution in [3.63, 3.8) is 0 Å². The molecule has 0 spiro atoms. The summed E-state index contributed by atoms with van der Waals surface area (Å²) in [6, 6.07) is 0. The van der Waals surface area contributed by atoms with E-state index in [9.17, 15) is 0 Å². The zero-order chi connectivity index (χ0) is 37.8. The Bertz CT molecular complexity index is 785. The molecule has 1 fully saturated rings. The van der Waals surface area contributed by atoms with E-state index in [1.807, 2.05) is 0 Å². The van der Waals surface area contributed by atoms with Crippen LogP contribution < -0.4 is 0 Å². The molecule has 308 valence electrons. The second-order valence-corrected chi connectivity index (χ2v) is 20.6. The highest BCUT2D eigenvalue weighted by Gasteiger charge is 2.35. The van der Waals surface area contributed by atoms with Gasteiger partial charge >= 0.3 is 8.56 Å². The highest BCUT2D eigenvalue weighted by atomic mass is 28.4.